The third-order valence-electron chi connectivity index (χ3n) is 5.80. The third kappa shape index (κ3) is 3.81. The molecule has 3 aromatic heterocycles. The van der Waals surface area contributed by atoms with Gasteiger partial charge in [-0.25, -0.2) is 15.0 Å². The number of pyridine rings is 1. The molecule has 4 aromatic rings. The number of ether oxygens (including phenoxy) is 1. The maximum atomic E-state index is 12.3. The van der Waals surface area contributed by atoms with E-state index in [0.29, 0.717) is 44.5 Å². The fourth-order valence-electron chi connectivity index (χ4n) is 4.15. The summed E-state index contributed by atoms with van der Waals surface area (Å²) in [5, 5.41) is 3.23. The number of carbonyl (C=O) groups excluding carboxylic acids is 2. The number of thiophene rings is 1. The van der Waals surface area contributed by atoms with Gasteiger partial charge in [0.2, 0.25) is 17.7 Å². The lowest BCUT2D eigenvalue weighted by Gasteiger charge is -2.18. The van der Waals surface area contributed by atoms with Gasteiger partial charge in [-0.1, -0.05) is 6.07 Å². The number of methoxy groups -OCH3 is 1. The first-order valence-electron chi connectivity index (χ1n) is 10.7. The monoisotopic (exact) mass is 474 g/mol. The summed E-state index contributed by atoms with van der Waals surface area (Å²) in [6.07, 6.45) is 5.50. The minimum absolute atomic E-state index is 0.0980. The third-order valence-corrected chi connectivity index (χ3v) is 6.93. The molecule has 1 aliphatic rings. The molecule has 0 unspecified atom stereocenters. The van der Waals surface area contributed by atoms with Crippen LogP contribution in [0.3, 0.4) is 0 Å². The molecule has 0 fully saturated rings. The van der Waals surface area contributed by atoms with Crippen LogP contribution >= 0.6 is 11.3 Å². The first kappa shape index (κ1) is 21.8. The van der Waals surface area contributed by atoms with Crippen molar-refractivity contribution in [2.75, 3.05) is 24.4 Å². The number of aromatic nitrogens is 3. The van der Waals surface area contributed by atoms with Crippen molar-refractivity contribution in [1.82, 2.24) is 15.0 Å². The average molecular weight is 475 g/mol. The van der Waals surface area contributed by atoms with Gasteiger partial charge in [-0.05, 0) is 42.7 Å². The van der Waals surface area contributed by atoms with E-state index in [2.05, 4.69) is 15.3 Å². The molecule has 4 heterocycles. The lowest BCUT2D eigenvalue weighted by Crippen LogP contribution is -2.25. The maximum Gasteiger partial charge on any atom is 0.259 e. The zero-order valence-corrected chi connectivity index (χ0v) is 19.5. The summed E-state index contributed by atoms with van der Waals surface area (Å²) in [4.78, 5) is 40.0. The minimum Gasteiger partial charge on any atom is -0.481 e. The number of hydrogen-bond acceptors (Lipinski definition) is 8. The van der Waals surface area contributed by atoms with Crippen LogP contribution in [0.15, 0.2) is 42.7 Å². The molecule has 0 radical (unpaired) electrons. The molecule has 172 valence electrons. The smallest absolute Gasteiger partial charge is 0.259 e. The summed E-state index contributed by atoms with van der Waals surface area (Å²) in [6, 6.07) is 9.48. The standard InChI is InChI=1S/C24H22N6O3S/c1-30-16-11-14(9-8-13(16)5-3-7-18(30)31)28-24-27-12-17-20(29-24)19(21(34-17)22(25)32)15-6-4-10-26-23(15)33-2/h4,6,8-12H,3,5,7H2,1-2H3,(H2,25,32)(H,27,28,29). The van der Waals surface area contributed by atoms with E-state index in [4.69, 9.17) is 15.5 Å². The van der Waals surface area contributed by atoms with Crippen molar-refractivity contribution in [1.29, 1.82) is 0 Å². The molecule has 5 rings (SSSR count). The molecule has 1 aromatic carbocycles. The molecular weight excluding hydrogens is 452 g/mol. The second-order valence-electron chi connectivity index (χ2n) is 7.91. The highest BCUT2D eigenvalue weighted by molar-refractivity contribution is 7.21. The number of benzene rings is 1. The van der Waals surface area contributed by atoms with E-state index in [1.54, 1.807) is 30.4 Å². The second kappa shape index (κ2) is 8.71. The average Bonchev–Trinajstić information content (AvgIpc) is 3.16. The Hall–Kier alpha value is -4.05. The molecule has 0 atom stereocenters. The zero-order valence-electron chi connectivity index (χ0n) is 18.7. The summed E-state index contributed by atoms with van der Waals surface area (Å²) < 4.78 is 6.13. The van der Waals surface area contributed by atoms with Crippen LogP contribution in [-0.4, -0.2) is 40.9 Å². The number of anilines is 3. The minimum atomic E-state index is -0.558. The quantitative estimate of drug-likeness (QED) is 0.449. The lowest BCUT2D eigenvalue weighted by atomic mass is 10.1. The molecule has 10 heteroatoms. The van der Waals surface area contributed by atoms with E-state index in [1.165, 1.54) is 18.4 Å². The number of rotatable bonds is 5. The van der Waals surface area contributed by atoms with E-state index in [0.717, 1.165) is 29.8 Å². The zero-order chi connectivity index (χ0) is 23.8. The Labute approximate surface area is 199 Å². The summed E-state index contributed by atoms with van der Waals surface area (Å²) in [5.41, 5.74) is 10.2. The molecule has 0 aliphatic carbocycles. The number of primary amides is 1. The van der Waals surface area contributed by atoms with E-state index < -0.39 is 5.91 Å². The van der Waals surface area contributed by atoms with Gasteiger partial charge in [0.15, 0.2) is 0 Å². The fraction of sp³-hybridized carbons (Fsp3) is 0.208. The maximum absolute atomic E-state index is 12.3. The van der Waals surface area contributed by atoms with Crippen LogP contribution in [0, 0.1) is 0 Å². The van der Waals surface area contributed by atoms with Gasteiger partial charge in [0, 0.05) is 42.2 Å². The van der Waals surface area contributed by atoms with Crippen molar-refractivity contribution < 1.29 is 14.3 Å². The van der Waals surface area contributed by atoms with Crippen molar-refractivity contribution >= 4 is 50.7 Å². The van der Waals surface area contributed by atoms with Gasteiger partial charge < -0.3 is 20.7 Å². The second-order valence-corrected chi connectivity index (χ2v) is 8.96. The van der Waals surface area contributed by atoms with Gasteiger partial charge in [0.25, 0.3) is 5.91 Å². The summed E-state index contributed by atoms with van der Waals surface area (Å²) >= 11 is 1.23. The topological polar surface area (TPSA) is 123 Å². The SMILES string of the molecule is COc1ncccc1-c1c(C(N)=O)sc2cnc(Nc3ccc4c(c3)N(C)C(=O)CCC4)nc12. The van der Waals surface area contributed by atoms with Crippen molar-refractivity contribution in [2.45, 2.75) is 19.3 Å². The van der Waals surface area contributed by atoms with Gasteiger partial charge in [-0.3, -0.25) is 9.59 Å². The van der Waals surface area contributed by atoms with E-state index in [-0.39, 0.29) is 5.91 Å². The number of nitrogens with zero attached hydrogens (tertiary/aromatic N) is 4. The van der Waals surface area contributed by atoms with Gasteiger partial charge in [0.1, 0.15) is 4.88 Å². The molecule has 3 N–H and O–H groups in total. The number of fused-ring (bicyclic) bond motifs is 2. The Kier molecular flexibility index (Phi) is 5.58. The Bertz CT molecular complexity index is 1430. The van der Waals surface area contributed by atoms with Crippen molar-refractivity contribution in [3.05, 3.63) is 53.2 Å². The molecule has 0 saturated heterocycles. The van der Waals surface area contributed by atoms with Crippen molar-refractivity contribution in [3.8, 4) is 17.0 Å². The fourth-order valence-corrected chi connectivity index (χ4v) is 5.13. The van der Waals surface area contributed by atoms with Crippen LogP contribution < -0.4 is 20.7 Å². The Morgan fingerprint density at radius 1 is 1.24 bits per heavy atom. The predicted octanol–water partition coefficient (Wildman–Crippen LogP) is 3.90. The highest BCUT2D eigenvalue weighted by atomic mass is 32.1. The number of aryl methyl sites for hydroxylation is 1. The van der Waals surface area contributed by atoms with Crippen LogP contribution in [0.2, 0.25) is 0 Å². The van der Waals surface area contributed by atoms with Gasteiger partial charge in [-0.2, -0.15) is 0 Å². The molecule has 2 amide bonds. The van der Waals surface area contributed by atoms with Gasteiger partial charge in [0.05, 0.1) is 23.5 Å². The summed E-state index contributed by atoms with van der Waals surface area (Å²) in [6.45, 7) is 0. The van der Waals surface area contributed by atoms with E-state index in [9.17, 15) is 9.59 Å². The molecular formula is C24H22N6O3S. The molecule has 0 saturated carbocycles. The molecule has 0 bridgehead atoms. The van der Waals surface area contributed by atoms with Crippen LogP contribution in [0.5, 0.6) is 5.88 Å². The number of carbonyl (C=O) groups is 2. The first-order valence-corrected chi connectivity index (χ1v) is 11.5. The van der Waals surface area contributed by atoms with E-state index >= 15 is 0 Å². The highest BCUT2D eigenvalue weighted by Crippen LogP contribution is 2.41. The molecule has 34 heavy (non-hydrogen) atoms. The first-order chi connectivity index (χ1) is 16.5. The van der Waals surface area contributed by atoms with Crippen LogP contribution in [0.1, 0.15) is 28.1 Å². The van der Waals surface area contributed by atoms with Crippen LogP contribution in [-0.2, 0) is 11.2 Å². The molecule has 1 aliphatic heterocycles. The molecule has 9 nitrogen and oxygen atoms in total. The number of nitrogens with one attached hydrogen (secondary N) is 1. The predicted molar refractivity (Wildman–Crippen MR) is 132 cm³/mol. The number of hydrogen-bond donors (Lipinski definition) is 2. The summed E-state index contributed by atoms with van der Waals surface area (Å²) in [7, 11) is 3.31. The molecule has 0 spiro atoms. The van der Waals surface area contributed by atoms with Crippen LogP contribution in [0.4, 0.5) is 17.3 Å². The Balaban J connectivity index is 1.58. The summed E-state index contributed by atoms with van der Waals surface area (Å²) in [5.74, 6) is 0.266. The Morgan fingerprint density at radius 3 is 2.88 bits per heavy atom. The number of amides is 2. The largest absolute Gasteiger partial charge is 0.481 e. The lowest BCUT2D eigenvalue weighted by molar-refractivity contribution is -0.118. The van der Waals surface area contributed by atoms with Gasteiger partial charge in [-0.15, -0.1) is 11.3 Å². The van der Waals surface area contributed by atoms with Crippen molar-refractivity contribution in [2.24, 2.45) is 5.73 Å². The van der Waals surface area contributed by atoms with Crippen LogP contribution in [0.25, 0.3) is 21.3 Å². The van der Waals surface area contributed by atoms with Crippen molar-refractivity contribution in [3.63, 3.8) is 0 Å². The van der Waals surface area contributed by atoms with Gasteiger partial charge >= 0.3 is 0 Å². The normalized spacial score (nSPS) is 13.5. The highest BCUT2D eigenvalue weighted by Gasteiger charge is 2.23. The Morgan fingerprint density at radius 2 is 2.09 bits per heavy atom. The number of nitrogens with two attached hydrogens (primary N) is 1. The van der Waals surface area contributed by atoms with E-state index in [1.807, 2.05) is 24.3 Å².